The number of fused-ring (bicyclic) bond motifs is 3. The Morgan fingerprint density at radius 1 is 1.45 bits per heavy atom. The van der Waals surface area contributed by atoms with E-state index in [1.807, 2.05) is 30.4 Å². The fraction of sp³-hybridized carbons (Fsp3) is 0.500. The largest absolute Gasteiger partial charge is 0.462 e. The Hall–Kier alpha value is -1.27. The summed E-state index contributed by atoms with van der Waals surface area (Å²) in [5.41, 5.74) is 4.64. The van der Waals surface area contributed by atoms with Gasteiger partial charge in [-0.15, -0.1) is 23.1 Å². The van der Waals surface area contributed by atoms with Gasteiger partial charge in [0.15, 0.2) is 0 Å². The number of aryl methyl sites for hydroxylation is 2. The summed E-state index contributed by atoms with van der Waals surface area (Å²) in [6.07, 6.45) is 5.04. The zero-order valence-electron chi connectivity index (χ0n) is 13.1. The normalized spacial score (nSPS) is 12.9. The van der Waals surface area contributed by atoms with Gasteiger partial charge in [0.25, 0.3) is 0 Å². The molecule has 3 rings (SSSR count). The van der Waals surface area contributed by atoms with Gasteiger partial charge < -0.3 is 4.74 Å². The van der Waals surface area contributed by atoms with Gasteiger partial charge in [0.2, 0.25) is 0 Å². The number of nitrogens with zero attached hydrogens (tertiary/aromatic N) is 2. The summed E-state index contributed by atoms with van der Waals surface area (Å²) in [5.74, 6) is 0.865. The zero-order chi connectivity index (χ0) is 15.7. The van der Waals surface area contributed by atoms with Crippen molar-refractivity contribution in [1.29, 1.82) is 0 Å². The first-order chi connectivity index (χ1) is 10.7. The van der Waals surface area contributed by atoms with Crippen LogP contribution in [0, 0.1) is 0 Å². The molecule has 6 heteroatoms. The summed E-state index contributed by atoms with van der Waals surface area (Å²) in [6, 6.07) is 0. The van der Waals surface area contributed by atoms with Crippen LogP contribution >= 0.6 is 23.1 Å². The smallest absolute Gasteiger partial charge is 0.348 e. The van der Waals surface area contributed by atoms with Crippen molar-refractivity contribution >= 4 is 29.1 Å². The highest BCUT2D eigenvalue weighted by Gasteiger charge is 2.30. The Morgan fingerprint density at radius 2 is 2.27 bits per heavy atom. The van der Waals surface area contributed by atoms with Crippen LogP contribution in [0.15, 0.2) is 10.4 Å². The summed E-state index contributed by atoms with van der Waals surface area (Å²) in [5, 5.41) is 4.64. The van der Waals surface area contributed by atoms with Gasteiger partial charge in [0, 0.05) is 18.8 Å². The lowest BCUT2D eigenvalue weighted by atomic mass is 9.92. The first-order valence-corrected chi connectivity index (χ1v) is 9.44. The van der Waals surface area contributed by atoms with Gasteiger partial charge >= 0.3 is 5.97 Å². The lowest BCUT2D eigenvalue weighted by Crippen LogP contribution is -2.08. The van der Waals surface area contributed by atoms with E-state index in [1.165, 1.54) is 15.3 Å². The van der Waals surface area contributed by atoms with E-state index in [-0.39, 0.29) is 5.97 Å². The molecule has 0 atom stereocenters. The van der Waals surface area contributed by atoms with E-state index in [4.69, 9.17) is 4.74 Å². The molecule has 118 valence electrons. The van der Waals surface area contributed by atoms with Gasteiger partial charge in [-0.3, -0.25) is 4.68 Å². The molecular formula is C16H20N2O2S2. The van der Waals surface area contributed by atoms with Crippen molar-refractivity contribution in [2.75, 3.05) is 12.4 Å². The topological polar surface area (TPSA) is 44.1 Å². The van der Waals surface area contributed by atoms with E-state index in [1.54, 1.807) is 11.3 Å². The molecule has 0 fully saturated rings. The minimum atomic E-state index is -0.188. The van der Waals surface area contributed by atoms with E-state index in [2.05, 4.69) is 18.2 Å². The number of hydrogen-bond acceptors (Lipinski definition) is 5. The predicted molar refractivity (Wildman–Crippen MR) is 90.9 cm³/mol. The summed E-state index contributed by atoms with van der Waals surface area (Å²) >= 11 is 3.40. The third-order valence-corrected chi connectivity index (χ3v) is 6.35. The van der Waals surface area contributed by atoms with Crippen molar-refractivity contribution in [3.05, 3.63) is 22.2 Å². The maximum Gasteiger partial charge on any atom is 0.348 e. The maximum atomic E-state index is 12.3. The van der Waals surface area contributed by atoms with Crippen LogP contribution in [-0.2, 0) is 24.6 Å². The van der Waals surface area contributed by atoms with Gasteiger partial charge in [-0.1, -0.05) is 6.92 Å². The number of thioether (sulfide) groups is 1. The Kier molecular flexibility index (Phi) is 4.59. The maximum absolute atomic E-state index is 12.3. The molecule has 0 unspecified atom stereocenters. The highest BCUT2D eigenvalue weighted by molar-refractivity contribution is 8.01. The third-order valence-electron chi connectivity index (χ3n) is 3.66. The molecule has 2 aromatic heterocycles. The van der Waals surface area contributed by atoms with Gasteiger partial charge in [-0.2, -0.15) is 5.10 Å². The highest BCUT2D eigenvalue weighted by atomic mass is 32.2. The minimum Gasteiger partial charge on any atom is -0.462 e. The molecule has 0 saturated heterocycles. The second kappa shape index (κ2) is 6.46. The summed E-state index contributed by atoms with van der Waals surface area (Å²) in [4.78, 5) is 13.0. The Morgan fingerprint density at radius 3 is 3.00 bits per heavy atom. The average Bonchev–Trinajstić information content (AvgIpc) is 3.04. The molecule has 0 bridgehead atoms. The molecule has 0 amide bonds. The number of esters is 1. The minimum absolute atomic E-state index is 0.188. The van der Waals surface area contributed by atoms with Crippen LogP contribution in [0.1, 0.15) is 41.1 Å². The van der Waals surface area contributed by atoms with Gasteiger partial charge in [0.1, 0.15) is 4.88 Å². The van der Waals surface area contributed by atoms with Gasteiger partial charge in [-0.05, 0) is 43.1 Å². The molecule has 0 aliphatic heterocycles. The van der Waals surface area contributed by atoms with Crippen LogP contribution < -0.4 is 0 Å². The van der Waals surface area contributed by atoms with Crippen molar-refractivity contribution in [2.24, 2.45) is 7.05 Å². The van der Waals surface area contributed by atoms with Crippen LogP contribution in [-0.4, -0.2) is 28.1 Å². The van der Waals surface area contributed by atoms with Crippen molar-refractivity contribution in [1.82, 2.24) is 9.78 Å². The molecule has 0 N–H and O–H groups in total. The summed E-state index contributed by atoms with van der Waals surface area (Å²) in [7, 11) is 1.95. The van der Waals surface area contributed by atoms with Crippen molar-refractivity contribution in [3.8, 4) is 11.3 Å². The van der Waals surface area contributed by atoms with Crippen LogP contribution in [0.2, 0.25) is 0 Å². The van der Waals surface area contributed by atoms with E-state index in [0.29, 0.717) is 6.61 Å². The third kappa shape index (κ3) is 2.70. The molecule has 1 aliphatic carbocycles. The van der Waals surface area contributed by atoms with Crippen LogP contribution in [0.25, 0.3) is 11.3 Å². The van der Waals surface area contributed by atoms with Crippen LogP contribution in [0.5, 0.6) is 0 Å². The lowest BCUT2D eigenvalue weighted by Gasteiger charge is -2.13. The molecule has 0 aromatic carbocycles. The standard InChI is InChI=1S/C16H20N2O2S2/c1-4-8-21-16-12-11(14(22-16)15(19)20-5-2)7-6-10-9-18(3)17-13(10)12/h9H,4-8H2,1-3H3. The summed E-state index contributed by atoms with van der Waals surface area (Å²) in [6.45, 7) is 4.44. The fourth-order valence-corrected chi connectivity index (χ4v) is 5.24. The number of thiophene rings is 1. The lowest BCUT2D eigenvalue weighted by molar-refractivity contribution is 0.0531. The highest BCUT2D eigenvalue weighted by Crippen LogP contribution is 2.46. The van der Waals surface area contributed by atoms with Crippen LogP contribution in [0.3, 0.4) is 0 Å². The van der Waals surface area contributed by atoms with Gasteiger partial charge in [-0.25, -0.2) is 4.79 Å². The quantitative estimate of drug-likeness (QED) is 0.613. The molecule has 1 aliphatic rings. The van der Waals surface area contributed by atoms with Crippen LogP contribution in [0.4, 0.5) is 0 Å². The van der Waals surface area contributed by atoms with Crippen molar-refractivity contribution < 1.29 is 9.53 Å². The SMILES string of the molecule is CCCSc1sc(C(=O)OCC)c2c1-c1nn(C)cc1CC2. The summed E-state index contributed by atoms with van der Waals surface area (Å²) < 4.78 is 8.32. The number of ether oxygens (including phenoxy) is 1. The first-order valence-electron chi connectivity index (χ1n) is 7.64. The molecular weight excluding hydrogens is 316 g/mol. The first kappa shape index (κ1) is 15.6. The molecule has 0 radical (unpaired) electrons. The molecule has 2 heterocycles. The average molecular weight is 336 g/mol. The molecule has 4 nitrogen and oxygen atoms in total. The second-order valence-corrected chi connectivity index (χ2v) is 7.70. The number of rotatable bonds is 5. The Bertz CT molecular complexity index is 703. The number of carbonyl (C=O) groups is 1. The predicted octanol–water partition coefficient (Wildman–Crippen LogP) is 3.93. The zero-order valence-corrected chi connectivity index (χ0v) is 14.8. The molecule has 0 spiro atoms. The Labute approximate surface area is 138 Å². The number of aromatic nitrogens is 2. The Balaban J connectivity index is 2.10. The van der Waals surface area contributed by atoms with Crippen molar-refractivity contribution in [2.45, 2.75) is 37.3 Å². The van der Waals surface area contributed by atoms with E-state index in [0.717, 1.165) is 41.1 Å². The molecule has 2 aromatic rings. The van der Waals surface area contributed by atoms with E-state index in [9.17, 15) is 4.79 Å². The monoisotopic (exact) mass is 336 g/mol. The fourth-order valence-electron chi connectivity index (χ4n) is 2.77. The second-order valence-electron chi connectivity index (χ2n) is 5.32. The van der Waals surface area contributed by atoms with Crippen molar-refractivity contribution in [3.63, 3.8) is 0 Å². The molecule has 0 saturated carbocycles. The van der Waals surface area contributed by atoms with E-state index < -0.39 is 0 Å². The van der Waals surface area contributed by atoms with E-state index >= 15 is 0 Å². The number of carbonyl (C=O) groups excluding carboxylic acids is 1. The van der Waals surface area contributed by atoms with Gasteiger partial charge in [0.05, 0.1) is 16.5 Å². The molecule has 22 heavy (non-hydrogen) atoms. The number of hydrogen-bond donors (Lipinski definition) is 0.